The molecule has 0 saturated carbocycles. The highest BCUT2D eigenvalue weighted by Gasteiger charge is 2.29. The van der Waals surface area contributed by atoms with E-state index in [0.29, 0.717) is 21.6 Å². The van der Waals surface area contributed by atoms with Gasteiger partial charge in [-0.15, -0.1) is 0 Å². The molecule has 0 fully saturated rings. The Kier molecular flexibility index (Phi) is 3.79. The Morgan fingerprint density at radius 2 is 1.84 bits per heavy atom. The van der Waals surface area contributed by atoms with Gasteiger partial charge in [-0.2, -0.15) is 9.39 Å². The third-order valence-corrected chi connectivity index (χ3v) is 6.08. The number of nitrogens with zero attached hydrogens (tertiary/aromatic N) is 2. The maximum atomic E-state index is 5.91. The molecule has 0 amide bonds. The maximum absolute atomic E-state index is 5.91. The van der Waals surface area contributed by atoms with Crippen molar-refractivity contribution in [3.8, 4) is 0 Å². The zero-order valence-electron chi connectivity index (χ0n) is 8.94. The van der Waals surface area contributed by atoms with Crippen molar-refractivity contribution < 1.29 is 4.18 Å². The largest absolute Gasteiger partial charge is 0.399 e. The van der Waals surface area contributed by atoms with Crippen molar-refractivity contribution >= 4 is 83.2 Å². The van der Waals surface area contributed by atoms with Crippen LogP contribution in [0.1, 0.15) is 11.1 Å². The Morgan fingerprint density at radius 1 is 1.16 bits per heavy atom. The van der Waals surface area contributed by atoms with Gasteiger partial charge in [-0.3, -0.25) is 0 Å². The molecule has 2 aliphatic heterocycles. The van der Waals surface area contributed by atoms with Crippen molar-refractivity contribution in [1.29, 1.82) is 0 Å². The summed E-state index contributed by atoms with van der Waals surface area (Å²) in [7, 11) is 0.738. The molecule has 2 aliphatic rings. The van der Waals surface area contributed by atoms with Crippen LogP contribution in [0.2, 0.25) is 0 Å². The van der Waals surface area contributed by atoms with E-state index in [0.717, 1.165) is 5.56 Å². The van der Waals surface area contributed by atoms with E-state index in [2.05, 4.69) is 9.39 Å². The molecule has 1 atom stereocenters. The number of benzene rings is 1. The van der Waals surface area contributed by atoms with Crippen molar-refractivity contribution in [1.82, 2.24) is 0 Å². The Balaban J connectivity index is 1.86. The molecule has 0 N–H and O–H groups in total. The Morgan fingerprint density at radius 3 is 2.42 bits per heavy atom. The lowest BCUT2D eigenvalue weighted by molar-refractivity contribution is 0.662. The van der Waals surface area contributed by atoms with Crippen LogP contribution < -0.4 is 0 Å². The molecule has 0 aliphatic carbocycles. The molecule has 1 aromatic rings. The van der Waals surface area contributed by atoms with Crippen molar-refractivity contribution in [3.05, 3.63) is 35.4 Å². The van der Waals surface area contributed by atoms with Crippen LogP contribution in [0.5, 0.6) is 0 Å². The fraction of sp³-hybridized carbons (Fsp3) is 0.100. The summed E-state index contributed by atoms with van der Waals surface area (Å²) in [6, 6.07) is 7.02. The normalized spacial score (nSPS) is 21.9. The predicted molar refractivity (Wildman–Crippen MR) is 86.8 cm³/mol. The highest BCUT2D eigenvalue weighted by atomic mass is 35.6. The topological polar surface area (TPSA) is 34.0 Å². The summed E-state index contributed by atoms with van der Waals surface area (Å²) in [5.74, 6) is 0.509. The highest BCUT2D eigenvalue weighted by molar-refractivity contribution is 8.82. The second-order valence-electron chi connectivity index (χ2n) is 3.57. The molecule has 0 radical (unpaired) electrons. The minimum absolute atomic E-state index is 0.390. The molecule has 3 nitrogen and oxygen atoms in total. The molecule has 19 heavy (non-hydrogen) atoms. The molecule has 3 rings (SSSR count). The van der Waals surface area contributed by atoms with Gasteiger partial charge in [0.1, 0.15) is 9.80 Å². The van der Waals surface area contributed by atoms with Gasteiger partial charge in [-0.25, -0.2) is 0 Å². The molecule has 2 heterocycles. The molecule has 9 heteroatoms. The SMILES string of the molecule is ClC1=NSS2=C1N=C(c1ccc(C(Cl)(Cl)Cl)cc1)O2. The fourth-order valence-corrected chi connectivity index (χ4v) is 4.79. The van der Waals surface area contributed by atoms with Crippen LogP contribution in [0.15, 0.2) is 33.7 Å². The van der Waals surface area contributed by atoms with Gasteiger partial charge < -0.3 is 4.18 Å². The summed E-state index contributed by atoms with van der Waals surface area (Å²) in [5, 5.41) is 0.390. The molecule has 0 spiro atoms. The van der Waals surface area contributed by atoms with Crippen molar-refractivity contribution in [2.24, 2.45) is 9.39 Å². The number of rotatable bonds is 1. The smallest absolute Gasteiger partial charge is 0.236 e. The quantitative estimate of drug-likeness (QED) is 0.306. The number of alkyl halides is 3. The first-order valence-electron chi connectivity index (χ1n) is 4.92. The maximum Gasteiger partial charge on any atom is 0.236 e. The number of hydrogen-bond donors (Lipinski definition) is 0. The average molecular weight is 374 g/mol. The van der Waals surface area contributed by atoms with Gasteiger partial charge in [0.15, 0.2) is 10.2 Å². The molecular formula is C10H4Cl4N2OS2. The third-order valence-electron chi connectivity index (χ3n) is 2.34. The van der Waals surface area contributed by atoms with Crippen LogP contribution in [-0.2, 0) is 7.98 Å². The van der Waals surface area contributed by atoms with Crippen LogP contribution in [0.25, 0.3) is 0 Å². The molecule has 0 aromatic heterocycles. The van der Waals surface area contributed by atoms with Crippen LogP contribution in [-0.4, -0.2) is 16.1 Å². The third kappa shape index (κ3) is 2.77. The van der Waals surface area contributed by atoms with E-state index in [9.17, 15) is 0 Å². The van der Waals surface area contributed by atoms with Gasteiger partial charge in [0.25, 0.3) is 0 Å². The standard InChI is InChI=1S/C10H4Cl4N2OS2/c11-7-9-15-8(17-19(9)18-16-7)5-1-3-6(4-2-5)10(12,13)14/h1-4H. The average Bonchev–Trinajstić information content (AvgIpc) is 2.91. The Labute approximate surface area is 135 Å². The van der Waals surface area contributed by atoms with Crippen molar-refractivity contribution in [3.63, 3.8) is 0 Å². The zero-order chi connectivity index (χ0) is 13.6. The number of aliphatic imine (C=N–C) groups is 1. The van der Waals surface area contributed by atoms with Gasteiger partial charge in [0.05, 0.1) is 11.0 Å². The summed E-state index contributed by atoms with van der Waals surface area (Å²) in [6.45, 7) is 0. The van der Waals surface area contributed by atoms with Crippen LogP contribution in [0, 0.1) is 0 Å². The Bertz CT molecular complexity index is 634. The zero-order valence-corrected chi connectivity index (χ0v) is 13.6. The number of halogens is 4. The fourth-order valence-electron chi connectivity index (χ4n) is 1.44. The summed E-state index contributed by atoms with van der Waals surface area (Å²) in [5.41, 5.74) is 1.39. The second-order valence-corrected chi connectivity index (χ2v) is 8.92. The van der Waals surface area contributed by atoms with Crippen LogP contribution >= 0.6 is 67.2 Å². The molecular weight excluding hydrogens is 370 g/mol. The van der Waals surface area contributed by atoms with Gasteiger partial charge in [0.2, 0.25) is 9.69 Å². The number of hydrogen-bond acceptors (Lipinski definition) is 4. The van der Waals surface area contributed by atoms with Crippen molar-refractivity contribution in [2.75, 3.05) is 0 Å². The van der Waals surface area contributed by atoms with Crippen LogP contribution in [0.3, 0.4) is 0 Å². The molecule has 100 valence electrons. The van der Waals surface area contributed by atoms with E-state index >= 15 is 0 Å². The highest BCUT2D eigenvalue weighted by Crippen LogP contribution is 2.45. The molecule has 0 saturated heterocycles. The molecule has 1 aromatic carbocycles. The first kappa shape index (κ1) is 14.0. The minimum Gasteiger partial charge on any atom is -0.399 e. The summed E-state index contributed by atoms with van der Waals surface area (Å²) >= 11 is 23.3. The van der Waals surface area contributed by atoms with Gasteiger partial charge >= 0.3 is 0 Å². The van der Waals surface area contributed by atoms with E-state index in [-0.39, 0.29) is 0 Å². The van der Waals surface area contributed by atoms with Crippen LogP contribution in [0.4, 0.5) is 0 Å². The summed E-state index contributed by atoms with van der Waals surface area (Å²) < 4.78 is 8.22. The molecule has 0 bridgehead atoms. The lowest BCUT2D eigenvalue weighted by Crippen LogP contribution is -2.04. The van der Waals surface area contributed by atoms with Gasteiger partial charge in [0, 0.05) is 11.1 Å². The first-order chi connectivity index (χ1) is 8.95. The Hall–Kier alpha value is 0.0900. The van der Waals surface area contributed by atoms with E-state index in [4.69, 9.17) is 50.6 Å². The monoisotopic (exact) mass is 372 g/mol. The van der Waals surface area contributed by atoms with E-state index in [1.54, 1.807) is 24.3 Å². The van der Waals surface area contributed by atoms with Gasteiger partial charge in [-0.1, -0.05) is 58.5 Å². The van der Waals surface area contributed by atoms with E-state index < -0.39 is 13.6 Å². The first-order valence-corrected chi connectivity index (χ1v) is 8.87. The lowest BCUT2D eigenvalue weighted by Gasteiger charge is -2.11. The predicted octanol–water partition coefficient (Wildman–Crippen LogP) is 4.82. The minimum atomic E-state index is -1.43. The lowest BCUT2D eigenvalue weighted by atomic mass is 10.1. The summed E-state index contributed by atoms with van der Waals surface area (Å²) in [6.07, 6.45) is 0. The van der Waals surface area contributed by atoms with Crippen molar-refractivity contribution in [2.45, 2.75) is 3.79 Å². The second kappa shape index (κ2) is 5.13. The van der Waals surface area contributed by atoms with Gasteiger partial charge in [-0.05, 0) is 12.1 Å². The van der Waals surface area contributed by atoms with E-state index in [1.807, 2.05) is 0 Å². The molecule has 1 unspecified atom stereocenters. The van der Waals surface area contributed by atoms with E-state index in [1.165, 1.54) is 11.0 Å². The summed E-state index contributed by atoms with van der Waals surface area (Å²) in [4.78, 5) is 5.01.